The molecule has 2 aromatic heterocycles. The van der Waals surface area contributed by atoms with Crippen LogP contribution in [0.25, 0.3) is 5.57 Å². The summed E-state index contributed by atoms with van der Waals surface area (Å²) in [6.45, 7) is 3.30. The summed E-state index contributed by atoms with van der Waals surface area (Å²) < 4.78 is 37.9. The van der Waals surface area contributed by atoms with E-state index in [0.717, 1.165) is 5.57 Å². The van der Waals surface area contributed by atoms with Crippen LogP contribution in [0.2, 0.25) is 0 Å². The van der Waals surface area contributed by atoms with Gasteiger partial charge in [-0.25, -0.2) is 8.42 Å². The molecule has 4 rings (SSSR count). The topological polar surface area (TPSA) is 121 Å². The molecule has 1 aliphatic carbocycles. The number of allylic oxidation sites excluding steroid dienone is 4. The number of ether oxygens (including phenoxy) is 2. The van der Waals surface area contributed by atoms with Crippen LogP contribution in [0, 0.1) is 0 Å². The first-order chi connectivity index (χ1) is 17.9. The molecule has 9 nitrogen and oxygen atoms in total. The van der Waals surface area contributed by atoms with Gasteiger partial charge >= 0.3 is 192 Å². The molecule has 0 atom stereocenters. The standard InChI is InChI=1S/C26H30N4O5S.W/c1-3-35-25-17-27-16-21(29-25)19(2)6-4-5-7-23(31)26(11-14-34-15-12-26)22-10-13-28-24(30-22)18-36(32,33)20-8-9-20;/h2,4-6,10,13,16-17,20H,3,7-9,11-12,14-15,18H2,1H3;. The number of aromatic nitrogens is 4. The monoisotopic (exact) mass is 694 g/mol. The van der Waals surface area contributed by atoms with Crippen molar-refractivity contribution in [2.24, 2.45) is 0 Å². The van der Waals surface area contributed by atoms with Gasteiger partial charge in [-0.15, -0.1) is 0 Å². The number of sulfone groups is 1. The molecular weight excluding hydrogens is 664 g/mol. The number of ketones is 1. The fraction of sp³-hybridized carbons (Fsp3) is 0.462. The first-order valence-electron chi connectivity index (χ1n) is 12.3. The number of hydrogen-bond acceptors (Lipinski definition) is 9. The van der Waals surface area contributed by atoms with E-state index in [1.807, 2.05) is 29.6 Å². The number of rotatable bonds is 12. The zero-order chi connectivity index (χ0) is 26.3. The molecule has 2 fully saturated rings. The van der Waals surface area contributed by atoms with Gasteiger partial charge in [0.2, 0.25) is 0 Å². The van der Waals surface area contributed by atoms with Crippen LogP contribution >= 0.6 is 0 Å². The molecule has 3 heterocycles. The van der Waals surface area contributed by atoms with Crippen LogP contribution in [0.1, 0.15) is 56.2 Å². The summed E-state index contributed by atoms with van der Waals surface area (Å²) in [5, 5.41) is -0.281. The van der Waals surface area contributed by atoms with Crippen molar-refractivity contribution in [3.8, 4) is 5.88 Å². The molecule has 1 aliphatic heterocycles. The van der Waals surface area contributed by atoms with Gasteiger partial charge in [-0.3, -0.25) is 0 Å². The molecule has 0 bridgehead atoms. The van der Waals surface area contributed by atoms with Crippen LogP contribution in [0.3, 0.4) is 0 Å². The second-order valence-corrected chi connectivity index (χ2v) is 12.2. The Balaban J connectivity index is 1.51. The average molecular weight is 694 g/mol. The Morgan fingerprint density at radius 2 is 2.03 bits per heavy atom. The van der Waals surface area contributed by atoms with Gasteiger partial charge in [-0.2, -0.15) is 0 Å². The molecule has 0 N–H and O–H groups in total. The molecule has 0 unspecified atom stereocenters. The second-order valence-electron chi connectivity index (χ2n) is 9.03. The molecular formula is C26H30N4O5SW. The molecule has 0 amide bonds. The molecule has 37 heavy (non-hydrogen) atoms. The normalized spacial score (nSPS) is 18.0. The van der Waals surface area contributed by atoms with Crippen LogP contribution in [-0.4, -0.2) is 63.6 Å². The number of nitrogens with zero attached hydrogens (tertiary/aromatic N) is 4. The molecule has 2 aliphatic rings. The number of Topliss-reactive ketones (excluding diaryl/α,β-unsaturated/α-hetero) is 1. The molecule has 1 saturated carbocycles. The molecule has 196 valence electrons. The summed E-state index contributed by atoms with van der Waals surface area (Å²) in [5.41, 5.74) is 1.35. The van der Waals surface area contributed by atoms with Crippen molar-refractivity contribution >= 4 is 25.6 Å². The predicted octanol–water partition coefficient (Wildman–Crippen LogP) is 2.74. The molecule has 11 heteroatoms. The van der Waals surface area contributed by atoms with Crippen LogP contribution < -0.4 is 4.74 Å². The first-order valence-corrected chi connectivity index (χ1v) is 15.7. The van der Waals surface area contributed by atoms with E-state index in [4.69, 9.17) is 9.47 Å². The average Bonchev–Trinajstić information content (AvgIpc) is 3.76. The van der Waals surface area contributed by atoms with Crippen molar-refractivity contribution in [1.82, 2.24) is 19.9 Å². The summed E-state index contributed by atoms with van der Waals surface area (Å²) >= 11 is 1.26. The predicted molar refractivity (Wildman–Crippen MR) is 135 cm³/mol. The van der Waals surface area contributed by atoms with E-state index in [1.165, 1.54) is 19.4 Å². The van der Waals surface area contributed by atoms with E-state index in [1.54, 1.807) is 24.7 Å². The van der Waals surface area contributed by atoms with Gasteiger partial charge in [0.1, 0.15) is 0 Å². The number of hydrogen-bond donors (Lipinski definition) is 0. The zero-order valence-corrected chi connectivity index (χ0v) is 24.5. The minimum absolute atomic E-state index is 0.0286. The Labute approximate surface area is 228 Å². The van der Waals surface area contributed by atoms with Crippen molar-refractivity contribution in [3.63, 3.8) is 0 Å². The van der Waals surface area contributed by atoms with E-state index >= 15 is 0 Å². The first kappa shape index (κ1) is 27.6. The second kappa shape index (κ2) is 12.4. The third-order valence-corrected chi connectivity index (χ3v) is 9.54. The Morgan fingerprint density at radius 1 is 1.24 bits per heavy atom. The van der Waals surface area contributed by atoms with Crippen molar-refractivity contribution in [3.05, 3.63) is 60.1 Å². The van der Waals surface area contributed by atoms with Crippen LogP contribution in [0.15, 0.2) is 42.9 Å². The fourth-order valence-electron chi connectivity index (χ4n) is 4.29. The third kappa shape index (κ3) is 6.92. The summed E-state index contributed by atoms with van der Waals surface area (Å²) in [4.78, 5) is 31.0. The van der Waals surface area contributed by atoms with Gasteiger partial charge in [0.05, 0.1) is 5.25 Å². The van der Waals surface area contributed by atoms with Gasteiger partial charge in [-0.1, -0.05) is 0 Å². The van der Waals surface area contributed by atoms with Gasteiger partial charge in [0.25, 0.3) is 0 Å². The summed E-state index contributed by atoms with van der Waals surface area (Å²) in [6.07, 6.45) is 13.0. The molecule has 0 aromatic carbocycles. The van der Waals surface area contributed by atoms with Gasteiger partial charge in [-0.05, 0) is 12.8 Å². The molecule has 2 aromatic rings. The molecule has 0 spiro atoms. The summed E-state index contributed by atoms with van der Waals surface area (Å²) in [6, 6.07) is 1.73. The number of carbonyl (C=O) groups excluding carboxylic acids is 1. The quantitative estimate of drug-likeness (QED) is 0.309. The van der Waals surface area contributed by atoms with E-state index < -0.39 is 15.3 Å². The van der Waals surface area contributed by atoms with Crippen molar-refractivity contribution < 1.29 is 42.0 Å². The minimum atomic E-state index is -3.26. The fourth-order valence-corrected chi connectivity index (χ4v) is 6.59. The van der Waals surface area contributed by atoms with Crippen molar-refractivity contribution in [2.75, 3.05) is 19.8 Å². The van der Waals surface area contributed by atoms with E-state index in [-0.39, 0.29) is 29.0 Å². The van der Waals surface area contributed by atoms with E-state index in [9.17, 15) is 13.2 Å². The zero-order valence-electron chi connectivity index (χ0n) is 20.7. The van der Waals surface area contributed by atoms with E-state index in [0.29, 0.717) is 62.8 Å². The van der Waals surface area contributed by atoms with Crippen LogP contribution in [0.4, 0.5) is 0 Å². The molecule has 0 radical (unpaired) electrons. The van der Waals surface area contributed by atoms with Gasteiger partial charge < -0.3 is 0 Å². The van der Waals surface area contributed by atoms with Crippen molar-refractivity contribution in [1.29, 1.82) is 0 Å². The maximum atomic E-state index is 13.6. The Morgan fingerprint density at radius 3 is 2.73 bits per heavy atom. The molecule has 1 saturated heterocycles. The van der Waals surface area contributed by atoms with Gasteiger partial charge in [0.15, 0.2) is 9.84 Å². The summed E-state index contributed by atoms with van der Waals surface area (Å²) in [5.74, 6) is 0.559. The van der Waals surface area contributed by atoms with Crippen molar-refractivity contribution in [2.45, 2.75) is 55.4 Å². The van der Waals surface area contributed by atoms with E-state index in [2.05, 4.69) is 19.9 Å². The Bertz CT molecular complexity index is 1300. The summed E-state index contributed by atoms with van der Waals surface area (Å²) in [7, 11) is -3.26. The SMILES string of the molecule is CCOc1cncc(C([CH]=[W])=CC=CCC(=O)C2(c3ccnc(CS(=O)(=O)C4CC4)n3)CCOCC2)n1. The van der Waals surface area contributed by atoms with Crippen LogP contribution in [0.5, 0.6) is 5.88 Å². The third-order valence-electron chi connectivity index (χ3n) is 6.48. The van der Waals surface area contributed by atoms with Crippen LogP contribution in [-0.2, 0) is 49.9 Å². The van der Waals surface area contributed by atoms with Gasteiger partial charge in [0, 0.05) is 0 Å². The maximum absolute atomic E-state index is 13.6. The Hall–Kier alpha value is -2.42. The Kier molecular flexibility index (Phi) is 9.26. The number of carbonyl (C=O) groups is 1.